The molecule has 0 aliphatic rings. The van der Waals surface area contributed by atoms with Gasteiger partial charge in [0.25, 0.3) is 5.91 Å². The van der Waals surface area contributed by atoms with E-state index in [9.17, 15) is 4.79 Å². The summed E-state index contributed by atoms with van der Waals surface area (Å²) in [6.45, 7) is 0.509. The van der Waals surface area contributed by atoms with Crippen molar-refractivity contribution in [3.8, 4) is 11.5 Å². The van der Waals surface area contributed by atoms with E-state index in [4.69, 9.17) is 21.1 Å². The normalized spacial score (nSPS) is 10.4. The van der Waals surface area contributed by atoms with E-state index < -0.39 is 0 Å². The first kappa shape index (κ1) is 17.8. The Labute approximate surface area is 156 Å². The molecule has 0 spiro atoms. The van der Waals surface area contributed by atoms with Crippen molar-refractivity contribution < 1.29 is 14.3 Å². The van der Waals surface area contributed by atoms with Gasteiger partial charge in [-0.3, -0.25) is 4.79 Å². The predicted molar refractivity (Wildman–Crippen MR) is 100 cm³/mol. The fraction of sp³-hybridized carbons (Fsp3) is 0.158. The van der Waals surface area contributed by atoms with Gasteiger partial charge in [-0.2, -0.15) is 5.10 Å². The summed E-state index contributed by atoms with van der Waals surface area (Å²) in [5.74, 6) is 1.15. The number of rotatable bonds is 6. The zero-order valence-electron chi connectivity index (χ0n) is 14.4. The minimum atomic E-state index is -0.307. The van der Waals surface area contributed by atoms with Crippen LogP contribution in [0.1, 0.15) is 15.9 Å². The molecule has 1 heterocycles. The molecule has 0 saturated carbocycles. The second kappa shape index (κ2) is 7.93. The van der Waals surface area contributed by atoms with Crippen molar-refractivity contribution in [1.29, 1.82) is 0 Å². The highest BCUT2D eigenvalue weighted by molar-refractivity contribution is 6.30. The number of hydrogen-bond donors (Lipinski definition) is 1. The van der Waals surface area contributed by atoms with Gasteiger partial charge in [0.05, 0.1) is 32.5 Å². The van der Waals surface area contributed by atoms with Gasteiger partial charge in [-0.1, -0.05) is 29.8 Å². The molecule has 3 rings (SSSR count). The van der Waals surface area contributed by atoms with Crippen LogP contribution < -0.4 is 14.8 Å². The zero-order chi connectivity index (χ0) is 18.5. The maximum absolute atomic E-state index is 12.7. The number of anilines is 1. The number of halogens is 1. The Morgan fingerprint density at radius 3 is 2.58 bits per heavy atom. The SMILES string of the molecule is COc1cccc(C(=O)Nc2ccnn2Cc2ccc(Cl)cc2)c1OC. The van der Waals surface area contributed by atoms with Crippen LogP contribution >= 0.6 is 11.6 Å². The van der Waals surface area contributed by atoms with Gasteiger partial charge in [-0.25, -0.2) is 4.68 Å². The molecule has 1 aromatic heterocycles. The van der Waals surface area contributed by atoms with Crippen LogP contribution in [-0.4, -0.2) is 29.9 Å². The third kappa shape index (κ3) is 3.81. The maximum Gasteiger partial charge on any atom is 0.260 e. The van der Waals surface area contributed by atoms with E-state index in [-0.39, 0.29) is 5.91 Å². The lowest BCUT2D eigenvalue weighted by Crippen LogP contribution is -2.17. The molecule has 1 N–H and O–H groups in total. The maximum atomic E-state index is 12.7. The Bertz CT molecular complexity index is 907. The Balaban J connectivity index is 1.81. The largest absolute Gasteiger partial charge is 0.493 e. The van der Waals surface area contributed by atoms with Crippen LogP contribution in [0.4, 0.5) is 5.82 Å². The number of ether oxygens (including phenoxy) is 2. The van der Waals surface area contributed by atoms with Gasteiger partial charge in [0.15, 0.2) is 11.5 Å². The molecule has 1 amide bonds. The van der Waals surface area contributed by atoms with Crippen LogP contribution in [0.25, 0.3) is 0 Å². The third-order valence-corrected chi connectivity index (χ3v) is 4.10. The molecule has 0 bridgehead atoms. The van der Waals surface area contributed by atoms with Crippen molar-refractivity contribution in [1.82, 2.24) is 9.78 Å². The zero-order valence-corrected chi connectivity index (χ0v) is 15.2. The van der Waals surface area contributed by atoms with Crippen molar-refractivity contribution in [2.75, 3.05) is 19.5 Å². The van der Waals surface area contributed by atoms with Crippen LogP contribution in [0, 0.1) is 0 Å². The number of para-hydroxylation sites is 1. The van der Waals surface area contributed by atoms with Crippen molar-refractivity contribution in [2.24, 2.45) is 0 Å². The van der Waals surface area contributed by atoms with E-state index in [2.05, 4.69) is 10.4 Å². The van der Waals surface area contributed by atoms with E-state index in [1.54, 1.807) is 35.1 Å². The molecule has 0 saturated heterocycles. The van der Waals surface area contributed by atoms with Gasteiger partial charge >= 0.3 is 0 Å². The topological polar surface area (TPSA) is 65.4 Å². The minimum Gasteiger partial charge on any atom is -0.493 e. The number of amides is 1. The number of nitrogens with one attached hydrogen (secondary N) is 1. The lowest BCUT2D eigenvalue weighted by atomic mass is 10.1. The Kier molecular flexibility index (Phi) is 5.43. The minimum absolute atomic E-state index is 0.307. The lowest BCUT2D eigenvalue weighted by Gasteiger charge is -2.13. The first-order valence-electron chi connectivity index (χ1n) is 7.91. The quantitative estimate of drug-likeness (QED) is 0.714. The molecule has 2 aromatic carbocycles. The summed E-state index contributed by atoms with van der Waals surface area (Å²) in [6.07, 6.45) is 1.63. The average Bonchev–Trinajstić information content (AvgIpc) is 3.09. The number of carbonyl (C=O) groups is 1. The van der Waals surface area contributed by atoms with Crippen LogP contribution in [0.2, 0.25) is 5.02 Å². The summed E-state index contributed by atoms with van der Waals surface area (Å²) in [5, 5.41) is 7.81. The van der Waals surface area contributed by atoms with E-state index >= 15 is 0 Å². The number of carbonyl (C=O) groups excluding carboxylic acids is 1. The fourth-order valence-electron chi connectivity index (χ4n) is 2.58. The predicted octanol–water partition coefficient (Wildman–Crippen LogP) is 3.85. The molecule has 0 unspecified atom stereocenters. The number of hydrogen-bond acceptors (Lipinski definition) is 4. The number of aromatic nitrogens is 2. The summed E-state index contributed by atoms with van der Waals surface area (Å²) in [7, 11) is 3.03. The van der Waals surface area contributed by atoms with Gasteiger partial charge in [0, 0.05) is 11.1 Å². The summed E-state index contributed by atoms with van der Waals surface area (Å²) in [4.78, 5) is 12.7. The Morgan fingerprint density at radius 2 is 1.88 bits per heavy atom. The van der Waals surface area contributed by atoms with Gasteiger partial charge in [-0.15, -0.1) is 0 Å². The molecular weight excluding hydrogens is 354 g/mol. The van der Waals surface area contributed by atoms with E-state index in [1.165, 1.54) is 14.2 Å². The van der Waals surface area contributed by atoms with Crippen LogP contribution in [0.15, 0.2) is 54.7 Å². The summed E-state index contributed by atoms with van der Waals surface area (Å²) in [5.41, 5.74) is 1.40. The van der Waals surface area contributed by atoms with Crippen molar-refractivity contribution >= 4 is 23.3 Å². The van der Waals surface area contributed by atoms with Crippen molar-refractivity contribution in [3.05, 3.63) is 70.9 Å². The standard InChI is InChI=1S/C19H18ClN3O3/c1-25-16-5-3-4-15(18(16)26-2)19(24)22-17-10-11-21-23(17)12-13-6-8-14(20)9-7-13/h3-11H,12H2,1-2H3,(H,22,24). The van der Waals surface area contributed by atoms with Gasteiger partial charge in [0.2, 0.25) is 0 Å². The number of benzene rings is 2. The summed E-state index contributed by atoms with van der Waals surface area (Å²) < 4.78 is 12.3. The molecule has 0 aliphatic carbocycles. The average molecular weight is 372 g/mol. The van der Waals surface area contributed by atoms with Crippen molar-refractivity contribution in [3.63, 3.8) is 0 Å². The molecule has 0 aliphatic heterocycles. The molecule has 3 aromatic rings. The van der Waals surface area contributed by atoms with Gasteiger partial charge in [0.1, 0.15) is 5.82 Å². The Hall–Kier alpha value is -2.99. The Morgan fingerprint density at radius 1 is 1.12 bits per heavy atom. The first-order valence-corrected chi connectivity index (χ1v) is 8.28. The van der Waals surface area contributed by atoms with Gasteiger partial charge < -0.3 is 14.8 Å². The van der Waals surface area contributed by atoms with Crippen LogP contribution in [-0.2, 0) is 6.54 Å². The fourth-order valence-corrected chi connectivity index (χ4v) is 2.70. The first-order chi connectivity index (χ1) is 12.6. The number of nitrogens with zero attached hydrogens (tertiary/aromatic N) is 2. The van der Waals surface area contributed by atoms with E-state index in [1.807, 2.05) is 24.3 Å². The summed E-state index contributed by atoms with van der Waals surface area (Å²) >= 11 is 5.91. The molecular formula is C19H18ClN3O3. The molecule has 7 heteroatoms. The highest BCUT2D eigenvalue weighted by atomic mass is 35.5. The van der Waals surface area contributed by atoms with Crippen molar-refractivity contribution in [2.45, 2.75) is 6.54 Å². The molecule has 0 atom stereocenters. The van der Waals surface area contributed by atoms with E-state index in [0.717, 1.165) is 5.56 Å². The smallest absolute Gasteiger partial charge is 0.260 e. The molecule has 6 nitrogen and oxygen atoms in total. The summed E-state index contributed by atoms with van der Waals surface area (Å²) in [6, 6.07) is 14.4. The van der Waals surface area contributed by atoms with Crippen LogP contribution in [0.3, 0.4) is 0 Å². The van der Waals surface area contributed by atoms with Crippen LogP contribution in [0.5, 0.6) is 11.5 Å². The highest BCUT2D eigenvalue weighted by Crippen LogP contribution is 2.31. The molecule has 0 fully saturated rings. The number of methoxy groups -OCH3 is 2. The highest BCUT2D eigenvalue weighted by Gasteiger charge is 2.17. The molecule has 0 radical (unpaired) electrons. The lowest BCUT2D eigenvalue weighted by molar-refractivity contribution is 0.102. The molecule has 26 heavy (non-hydrogen) atoms. The second-order valence-corrected chi connectivity index (χ2v) is 5.93. The third-order valence-electron chi connectivity index (χ3n) is 3.85. The molecule has 134 valence electrons. The van der Waals surface area contributed by atoms with E-state index in [0.29, 0.717) is 34.4 Å². The second-order valence-electron chi connectivity index (χ2n) is 5.50. The van der Waals surface area contributed by atoms with Gasteiger partial charge in [-0.05, 0) is 29.8 Å². The monoisotopic (exact) mass is 371 g/mol.